The second kappa shape index (κ2) is 7.07. The summed E-state index contributed by atoms with van der Waals surface area (Å²) in [5.74, 6) is -0.576. The fourth-order valence-electron chi connectivity index (χ4n) is 2.89. The molecule has 0 unspecified atom stereocenters. The molecule has 7 nitrogen and oxygen atoms in total. The number of benzene rings is 1. The van der Waals surface area contributed by atoms with Gasteiger partial charge in [-0.1, -0.05) is 12.1 Å². The summed E-state index contributed by atoms with van der Waals surface area (Å²) in [5.41, 5.74) is 1.26. The average Bonchev–Trinajstić information content (AvgIpc) is 3.00. The molecule has 25 heavy (non-hydrogen) atoms. The van der Waals surface area contributed by atoms with Gasteiger partial charge in [-0.15, -0.1) is 0 Å². The number of hydrogen-bond donors (Lipinski definition) is 1. The molecular weight excluding hydrogens is 342 g/mol. The Morgan fingerprint density at radius 1 is 1.28 bits per heavy atom. The van der Waals surface area contributed by atoms with Crippen molar-refractivity contribution < 1.29 is 17.9 Å². The molecule has 3 rings (SSSR count). The molecule has 1 N–H and O–H groups in total. The number of nitrogens with zero attached hydrogens (tertiary/aromatic N) is 2. The molecule has 0 aliphatic carbocycles. The summed E-state index contributed by atoms with van der Waals surface area (Å²) >= 11 is 0. The van der Waals surface area contributed by atoms with Crippen LogP contribution in [-0.4, -0.2) is 62.7 Å². The normalized spacial score (nSPS) is 20.9. The maximum absolute atomic E-state index is 12.7. The zero-order chi connectivity index (χ0) is 18.0. The molecule has 1 amide bonds. The minimum Gasteiger partial charge on any atom is -0.379 e. The summed E-state index contributed by atoms with van der Waals surface area (Å²) in [6.45, 7) is 0.623. The number of carbonyl (C=O) groups is 1. The Labute approximate surface area is 147 Å². The van der Waals surface area contributed by atoms with E-state index < -0.39 is 10.0 Å². The highest BCUT2D eigenvalue weighted by molar-refractivity contribution is 7.89. The van der Waals surface area contributed by atoms with Gasteiger partial charge in [-0.3, -0.25) is 9.78 Å². The minimum absolute atomic E-state index is 0.0535. The van der Waals surface area contributed by atoms with Gasteiger partial charge in [-0.05, 0) is 18.2 Å². The summed E-state index contributed by atoms with van der Waals surface area (Å²) in [6.07, 6.45) is 1.68. The highest BCUT2D eigenvalue weighted by atomic mass is 32.2. The van der Waals surface area contributed by atoms with Crippen molar-refractivity contribution in [2.45, 2.75) is 6.04 Å². The van der Waals surface area contributed by atoms with Crippen LogP contribution >= 0.6 is 0 Å². The Balaban J connectivity index is 1.78. The molecule has 134 valence electrons. The smallest absolute Gasteiger partial charge is 0.252 e. The molecule has 1 fully saturated rings. The molecule has 0 saturated carbocycles. The van der Waals surface area contributed by atoms with E-state index in [1.807, 2.05) is 12.1 Å². The van der Waals surface area contributed by atoms with Crippen LogP contribution in [0.15, 0.2) is 36.5 Å². The number of pyridine rings is 1. The molecule has 8 heteroatoms. The fourth-order valence-corrected chi connectivity index (χ4v) is 4.06. The van der Waals surface area contributed by atoms with E-state index in [2.05, 4.69) is 10.3 Å². The summed E-state index contributed by atoms with van der Waals surface area (Å²) in [4.78, 5) is 17.0. The van der Waals surface area contributed by atoms with Gasteiger partial charge < -0.3 is 10.1 Å². The van der Waals surface area contributed by atoms with Crippen molar-refractivity contribution >= 4 is 26.8 Å². The molecule has 1 aliphatic rings. The lowest BCUT2D eigenvalue weighted by atomic mass is 10.0. The summed E-state index contributed by atoms with van der Waals surface area (Å²) < 4.78 is 30.8. The van der Waals surface area contributed by atoms with Crippen molar-refractivity contribution in [2.24, 2.45) is 5.92 Å². The number of rotatable bonds is 5. The van der Waals surface area contributed by atoms with Crippen LogP contribution < -0.4 is 5.32 Å². The number of fused-ring (bicyclic) bond motifs is 1. The third kappa shape index (κ3) is 3.81. The highest BCUT2D eigenvalue weighted by Gasteiger charge is 2.34. The van der Waals surface area contributed by atoms with Gasteiger partial charge in [0.2, 0.25) is 10.0 Å². The lowest BCUT2D eigenvalue weighted by Gasteiger charge is -2.21. The molecule has 2 atom stereocenters. The van der Waals surface area contributed by atoms with Crippen molar-refractivity contribution in [1.29, 1.82) is 0 Å². The number of amides is 1. The number of carbonyl (C=O) groups excluding carboxylic acids is 1. The first kappa shape index (κ1) is 17.8. The first-order valence-electron chi connectivity index (χ1n) is 8.01. The third-order valence-electron chi connectivity index (χ3n) is 4.39. The van der Waals surface area contributed by atoms with Gasteiger partial charge in [0, 0.05) is 37.2 Å². The van der Waals surface area contributed by atoms with E-state index in [1.165, 1.54) is 18.4 Å². The topological polar surface area (TPSA) is 88.6 Å². The highest BCUT2D eigenvalue weighted by Crippen LogP contribution is 2.20. The predicted molar refractivity (Wildman–Crippen MR) is 94.8 cm³/mol. The standard InChI is InChI=1S/C17H21N3O4S/c1-20(2)25(22,23)11-12-9-24-10-16(12)19-17(21)14-5-3-7-15-13(14)6-4-8-18-15/h3-8,12,16H,9-11H2,1-2H3,(H,19,21)/t12-,16-/m0/s1. The molecule has 0 spiro atoms. The van der Waals surface area contributed by atoms with Crippen molar-refractivity contribution in [3.05, 3.63) is 42.1 Å². The van der Waals surface area contributed by atoms with Crippen molar-refractivity contribution in [2.75, 3.05) is 33.1 Å². The van der Waals surface area contributed by atoms with Crippen LogP contribution in [0.2, 0.25) is 0 Å². The molecule has 1 aliphatic heterocycles. The summed E-state index contributed by atoms with van der Waals surface area (Å²) in [5, 5.41) is 3.69. The molecule has 2 heterocycles. The van der Waals surface area contributed by atoms with Crippen LogP contribution in [0.3, 0.4) is 0 Å². The molecule has 0 bridgehead atoms. The Morgan fingerprint density at radius 3 is 2.84 bits per heavy atom. The number of sulfonamides is 1. The Bertz CT molecular complexity index is 877. The van der Waals surface area contributed by atoms with Gasteiger partial charge in [0.15, 0.2) is 0 Å². The first-order chi connectivity index (χ1) is 11.9. The van der Waals surface area contributed by atoms with E-state index >= 15 is 0 Å². The largest absolute Gasteiger partial charge is 0.379 e. The second-order valence-electron chi connectivity index (χ2n) is 6.31. The monoisotopic (exact) mass is 363 g/mol. The lowest BCUT2D eigenvalue weighted by molar-refractivity contribution is 0.0927. The molecule has 1 saturated heterocycles. The first-order valence-corrected chi connectivity index (χ1v) is 9.62. The van der Waals surface area contributed by atoms with E-state index in [-0.39, 0.29) is 23.6 Å². The van der Waals surface area contributed by atoms with Crippen LogP contribution in [-0.2, 0) is 14.8 Å². The molecule has 0 radical (unpaired) electrons. The van der Waals surface area contributed by atoms with Crippen LogP contribution in [0.4, 0.5) is 0 Å². The van der Waals surface area contributed by atoms with Crippen LogP contribution in [0.1, 0.15) is 10.4 Å². The van der Waals surface area contributed by atoms with Crippen LogP contribution in [0.5, 0.6) is 0 Å². The van der Waals surface area contributed by atoms with Crippen LogP contribution in [0.25, 0.3) is 10.9 Å². The fraction of sp³-hybridized carbons (Fsp3) is 0.412. The number of hydrogen-bond acceptors (Lipinski definition) is 5. The predicted octanol–water partition coefficient (Wildman–Crippen LogP) is 0.871. The van der Waals surface area contributed by atoms with E-state index in [0.29, 0.717) is 18.8 Å². The Kier molecular flexibility index (Phi) is 5.03. The number of aromatic nitrogens is 1. The van der Waals surface area contributed by atoms with E-state index in [1.54, 1.807) is 24.4 Å². The van der Waals surface area contributed by atoms with Crippen molar-refractivity contribution in [1.82, 2.24) is 14.6 Å². The maximum atomic E-state index is 12.7. The summed E-state index contributed by atoms with van der Waals surface area (Å²) in [6, 6.07) is 8.65. The molecule has 2 aromatic rings. The lowest BCUT2D eigenvalue weighted by Crippen LogP contribution is -2.43. The van der Waals surface area contributed by atoms with E-state index in [0.717, 1.165) is 10.9 Å². The van der Waals surface area contributed by atoms with Crippen molar-refractivity contribution in [3.63, 3.8) is 0 Å². The number of ether oxygens (including phenoxy) is 1. The SMILES string of the molecule is CN(C)S(=O)(=O)C[C@@H]1COC[C@@H]1NC(=O)c1cccc2ncccc12. The van der Waals surface area contributed by atoms with Crippen molar-refractivity contribution in [3.8, 4) is 0 Å². The van der Waals surface area contributed by atoms with Gasteiger partial charge in [0.05, 0.1) is 30.5 Å². The van der Waals surface area contributed by atoms with E-state index in [9.17, 15) is 13.2 Å². The average molecular weight is 363 g/mol. The van der Waals surface area contributed by atoms with Crippen LogP contribution in [0, 0.1) is 5.92 Å². The summed E-state index contributed by atoms with van der Waals surface area (Å²) in [7, 11) is -0.354. The quantitative estimate of drug-likeness (QED) is 0.852. The van der Waals surface area contributed by atoms with Gasteiger partial charge in [-0.2, -0.15) is 0 Å². The maximum Gasteiger partial charge on any atom is 0.252 e. The van der Waals surface area contributed by atoms with Gasteiger partial charge >= 0.3 is 0 Å². The zero-order valence-electron chi connectivity index (χ0n) is 14.2. The Hall–Kier alpha value is -2.03. The molecule has 1 aromatic carbocycles. The zero-order valence-corrected chi connectivity index (χ0v) is 15.0. The second-order valence-corrected chi connectivity index (χ2v) is 8.54. The minimum atomic E-state index is -3.36. The number of nitrogens with one attached hydrogen (secondary N) is 1. The van der Waals surface area contributed by atoms with E-state index in [4.69, 9.17) is 4.74 Å². The van der Waals surface area contributed by atoms with Gasteiger partial charge in [0.1, 0.15) is 0 Å². The van der Waals surface area contributed by atoms with Gasteiger partial charge in [-0.25, -0.2) is 12.7 Å². The third-order valence-corrected chi connectivity index (χ3v) is 6.35. The van der Waals surface area contributed by atoms with Gasteiger partial charge in [0.25, 0.3) is 5.91 Å². The Morgan fingerprint density at radius 2 is 2.08 bits per heavy atom. The molecule has 1 aromatic heterocycles. The molecular formula is C17H21N3O4S.